The van der Waals surface area contributed by atoms with E-state index in [0.29, 0.717) is 12.0 Å². The molecular weight excluding hydrogens is 392 g/mol. The van der Waals surface area contributed by atoms with Gasteiger partial charge in [-0.3, -0.25) is 4.79 Å². The lowest BCUT2D eigenvalue weighted by atomic mass is 9.88. The van der Waals surface area contributed by atoms with Crippen molar-refractivity contribution in [2.24, 2.45) is 0 Å². The van der Waals surface area contributed by atoms with Gasteiger partial charge in [0, 0.05) is 30.6 Å². The summed E-state index contributed by atoms with van der Waals surface area (Å²) in [6.45, 7) is 5.40. The number of likely N-dealkylation sites (tertiary alicyclic amines) is 1. The van der Waals surface area contributed by atoms with Crippen molar-refractivity contribution < 1.29 is 4.79 Å². The predicted molar refractivity (Wildman–Crippen MR) is 130 cm³/mol. The number of nitrogens with zero attached hydrogens (tertiary/aromatic N) is 2. The molecule has 3 aromatic carbocycles. The van der Waals surface area contributed by atoms with Crippen LogP contribution in [-0.2, 0) is 0 Å². The van der Waals surface area contributed by atoms with Gasteiger partial charge in [-0.25, -0.2) is 0 Å². The Kier molecular flexibility index (Phi) is 6.09. The molecule has 2 aliphatic rings. The fourth-order valence-electron chi connectivity index (χ4n) is 5.63. The fourth-order valence-corrected chi connectivity index (χ4v) is 5.63. The molecule has 0 aliphatic carbocycles. The molecule has 0 radical (unpaired) electrons. The number of piperidine rings is 1. The number of rotatable bonds is 6. The number of benzene rings is 3. The average Bonchev–Trinajstić information content (AvgIpc) is 3.11. The maximum atomic E-state index is 13.0. The van der Waals surface area contributed by atoms with Gasteiger partial charge in [0.25, 0.3) is 5.91 Å². The van der Waals surface area contributed by atoms with Crippen LogP contribution >= 0.6 is 0 Å². The lowest BCUT2D eigenvalue weighted by molar-refractivity contribution is 0.0518. The lowest BCUT2D eigenvalue weighted by Crippen LogP contribution is -2.46. The zero-order chi connectivity index (χ0) is 21.9. The molecule has 1 amide bonds. The zero-order valence-electron chi connectivity index (χ0n) is 18.9. The van der Waals surface area contributed by atoms with E-state index in [-0.39, 0.29) is 11.9 Å². The van der Waals surface area contributed by atoms with Gasteiger partial charge in [-0.05, 0) is 55.5 Å². The van der Waals surface area contributed by atoms with Gasteiger partial charge >= 0.3 is 0 Å². The summed E-state index contributed by atoms with van der Waals surface area (Å²) in [5.74, 6) is 0.643. The SMILES string of the molecule is CC1c2ccccc2C(=O)N1C1CCN(CCC(c2ccccc2)c2ccccc2)CC1. The van der Waals surface area contributed by atoms with Crippen molar-refractivity contribution in [3.8, 4) is 0 Å². The second kappa shape index (κ2) is 9.30. The fraction of sp³-hybridized carbons (Fsp3) is 0.345. The molecule has 0 spiro atoms. The summed E-state index contributed by atoms with van der Waals surface area (Å²) in [6.07, 6.45) is 3.24. The Morgan fingerprint density at radius 1 is 0.812 bits per heavy atom. The van der Waals surface area contributed by atoms with Crippen LogP contribution in [-0.4, -0.2) is 41.4 Å². The van der Waals surface area contributed by atoms with Crippen LogP contribution in [0.3, 0.4) is 0 Å². The smallest absolute Gasteiger partial charge is 0.254 e. The number of hydrogen-bond donors (Lipinski definition) is 0. The van der Waals surface area contributed by atoms with Gasteiger partial charge in [0.2, 0.25) is 0 Å². The Labute approximate surface area is 191 Å². The van der Waals surface area contributed by atoms with Gasteiger partial charge in [0.1, 0.15) is 0 Å². The van der Waals surface area contributed by atoms with Crippen LogP contribution in [0.2, 0.25) is 0 Å². The molecule has 3 heteroatoms. The molecule has 5 rings (SSSR count). The number of carbonyl (C=O) groups excluding carboxylic acids is 1. The van der Waals surface area contributed by atoms with Crippen LogP contribution in [0.1, 0.15) is 65.2 Å². The quantitative estimate of drug-likeness (QED) is 0.493. The van der Waals surface area contributed by atoms with Gasteiger partial charge < -0.3 is 9.80 Å². The van der Waals surface area contributed by atoms with Crippen molar-refractivity contribution in [1.82, 2.24) is 9.80 Å². The molecule has 1 unspecified atom stereocenters. The Morgan fingerprint density at radius 2 is 1.38 bits per heavy atom. The van der Waals surface area contributed by atoms with Crippen LogP contribution in [0.25, 0.3) is 0 Å². The van der Waals surface area contributed by atoms with Crippen molar-refractivity contribution in [3.05, 3.63) is 107 Å². The molecule has 2 heterocycles. The highest BCUT2D eigenvalue weighted by molar-refractivity contribution is 5.99. The van der Waals surface area contributed by atoms with Gasteiger partial charge in [-0.2, -0.15) is 0 Å². The average molecular weight is 425 g/mol. The summed E-state index contributed by atoms with van der Waals surface area (Å²) in [5.41, 5.74) is 4.87. The minimum atomic E-state index is 0.191. The summed E-state index contributed by atoms with van der Waals surface area (Å²) in [4.78, 5) is 17.8. The molecule has 0 aromatic heterocycles. The molecule has 0 saturated carbocycles. The maximum Gasteiger partial charge on any atom is 0.254 e. The summed E-state index contributed by atoms with van der Waals surface area (Å²) < 4.78 is 0. The number of amides is 1. The molecule has 32 heavy (non-hydrogen) atoms. The first-order valence-electron chi connectivity index (χ1n) is 12.0. The number of carbonyl (C=O) groups is 1. The Hall–Kier alpha value is -2.91. The van der Waals surface area contributed by atoms with Gasteiger partial charge in [0.15, 0.2) is 0 Å². The highest BCUT2D eigenvalue weighted by atomic mass is 16.2. The second-order valence-electron chi connectivity index (χ2n) is 9.21. The Balaban J connectivity index is 1.21. The van der Waals surface area contributed by atoms with Crippen molar-refractivity contribution in [3.63, 3.8) is 0 Å². The molecule has 1 fully saturated rings. The van der Waals surface area contributed by atoms with Crippen LogP contribution < -0.4 is 0 Å². The van der Waals surface area contributed by atoms with Crippen LogP contribution in [0, 0.1) is 0 Å². The lowest BCUT2D eigenvalue weighted by Gasteiger charge is -2.39. The van der Waals surface area contributed by atoms with E-state index < -0.39 is 0 Å². The van der Waals surface area contributed by atoms with Crippen LogP contribution in [0.5, 0.6) is 0 Å². The third kappa shape index (κ3) is 4.10. The Bertz CT molecular complexity index is 1000. The normalized spacial score (nSPS) is 19.5. The summed E-state index contributed by atoms with van der Waals surface area (Å²) >= 11 is 0. The molecule has 1 atom stereocenters. The molecule has 0 bridgehead atoms. The predicted octanol–water partition coefficient (Wildman–Crippen LogP) is 5.89. The number of fused-ring (bicyclic) bond motifs is 1. The topological polar surface area (TPSA) is 23.6 Å². The van der Waals surface area contributed by atoms with E-state index in [1.165, 1.54) is 16.7 Å². The van der Waals surface area contributed by atoms with E-state index in [1.807, 2.05) is 18.2 Å². The monoisotopic (exact) mass is 424 g/mol. The first kappa shape index (κ1) is 21.0. The minimum absolute atomic E-state index is 0.191. The molecule has 1 saturated heterocycles. The third-order valence-corrected chi connectivity index (χ3v) is 7.38. The van der Waals surface area contributed by atoms with E-state index >= 15 is 0 Å². The largest absolute Gasteiger partial charge is 0.329 e. The molecule has 3 nitrogen and oxygen atoms in total. The van der Waals surface area contributed by atoms with Gasteiger partial charge in [-0.1, -0.05) is 78.9 Å². The van der Waals surface area contributed by atoms with Crippen LogP contribution in [0.15, 0.2) is 84.9 Å². The van der Waals surface area contributed by atoms with Crippen molar-refractivity contribution >= 4 is 5.91 Å². The summed E-state index contributed by atoms with van der Waals surface area (Å²) in [7, 11) is 0. The van der Waals surface area contributed by atoms with E-state index in [4.69, 9.17) is 0 Å². The van der Waals surface area contributed by atoms with E-state index in [1.54, 1.807) is 0 Å². The van der Waals surface area contributed by atoms with E-state index in [2.05, 4.69) is 83.5 Å². The van der Waals surface area contributed by atoms with Crippen molar-refractivity contribution in [2.45, 2.75) is 44.2 Å². The number of hydrogen-bond acceptors (Lipinski definition) is 2. The summed E-state index contributed by atoms with van der Waals surface area (Å²) in [5, 5.41) is 0. The third-order valence-electron chi connectivity index (χ3n) is 7.38. The zero-order valence-corrected chi connectivity index (χ0v) is 18.9. The van der Waals surface area contributed by atoms with Gasteiger partial charge in [0.05, 0.1) is 6.04 Å². The van der Waals surface area contributed by atoms with Gasteiger partial charge in [-0.15, -0.1) is 0 Å². The van der Waals surface area contributed by atoms with Crippen molar-refractivity contribution in [2.75, 3.05) is 19.6 Å². The first-order valence-corrected chi connectivity index (χ1v) is 12.0. The molecule has 0 N–H and O–H groups in total. The molecular formula is C29H32N2O. The maximum absolute atomic E-state index is 13.0. The molecule has 2 aliphatic heterocycles. The first-order chi connectivity index (χ1) is 15.7. The van der Waals surface area contributed by atoms with E-state index in [0.717, 1.165) is 44.5 Å². The summed E-state index contributed by atoms with van der Waals surface area (Å²) in [6, 6.07) is 30.4. The molecule has 164 valence electrons. The highest BCUT2D eigenvalue weighted by Crippen LogP contribution is 2.37. The highest BCUT2D eigenvalue weighted by Gasteiger charge is 2.39. The standard InChI is InChI=1S/C29H32N2O/c1-22-26-14-8-9-15-28(26)29(32)31(22)25-16-19-30(20-17-25)21-18-27(23-10-4-2-5-11-23)24-12-6-3-7-13-24/h2-15,22,25,27H,16-21H2,1H3. The second-order valence-corrected chi connectivity index (χ2v) is 9.21. The minimum Gasteiger partial charge on any atom is -0.329 e. The van der Waals surface area contributed by atoms with E-state index in [9.17, 15) is 4.79 Å². The molecule has 3 aromatic rings. The Morgan fingerprint density at radius 3 is 1.97 bits per heavy atom. The van der Waals surface area contributed by atoms with Crippen LogP contribution in [0.4, 0.5) is 0 Å². The van der Waals surface area contributed by atoms with Crippen molar-refractivity contribution in [1.29, 1.82) is 0 Å².